The first kappa shape index (κ1) is 37.5. The quantitative estimate of drug-likeness (QED) is 0.223. The average molecular weight is 560 g/mol. The van der Waals surface area contributed by atoms with Gasteiger partial charge in [-0.1, -0.05) is 0 Å². The van der Waals surface area contributed by atoms with Crippen LogP contribution in [0.5, 0.6) is 0 Å². The van der Waals surface area contributed by atoms with E-state index in [1.54, 1.807) is 0 Å². The third-order valence-electron chi connectivity index (χ3n) is 9.83. The third kappa shape index (κ3) is 7.06. The van der Waals surface area contributed by atoms with Crippen molar-refractivity contribution in [3.05, 3.63) is 0 Å². The fourth-order valence-electron chi connectivity index (χ4n) is 8.89. The molecule has 1 heteroatoms. The van der Waals surface area contributed by atoms with Crippen LogP contribution in [0.2, 0.25) is 12.8 Å². The summed E-state index contributed by atoms with van der Waals surface area (Å²) >= 11 is -1.47. The summed E-state index contributed by atoms with van der Waals surface area (Å²) in [6, 6.07) is 0. The van der Waals surface area contributed by atoms with E-state index in [0.717, 1.165) is 0 Å². The fraction of sp³-hybridized carbons (Fsp3) is 1.00. The molecular weight excluding hydrogens is 484 g/mol. The van der Waals surface area contributed by atoms with Gasteiger partial charge >= 0.3 is 243 Å². The van der Waals surface area contributed by atoms with E-state index >= 15 is 0 Å². The van der Waals surface area contributed by atoms with E-state index in [2.05, 4.69) is 145 Å². The summed E-state index contributed by atoms with van der Waals surface area (Å²) in [7, 11) is 0. The minimum absolute atomic E-state index is 0.237. The Morgan fingerprint density at radius 1 is 0.351 bits per heavy atom. The molecule has 0 bridgehead atoms. The average Bonchev–Trinajstić information content (AvgIpc) is 2.60. The molecule has 0 saturated carbocycles. The van der Waals surface area contributed by atoms with Crippen LogP contribution in [-0.2, 0) is 14.1 Å². The standard InChI is InChI=1S/3C12H25.Cr/c3*1-9(2)8-11(10(3)4)12(5,6)7;/h3*9-10H,8H2,1-7H3;. The molecule has 0 aromatic carbocycles. The summed E-state index contributed by atoms with van der Waals surface area (Å²) in [6.45, 7) is 54.5. The van der Waals surface area contributed by atoms with Gasteiger partial charge in [0.25, 0.3) is 0 Å². The molecule has 0 aromatic heterocycles. The molecule has 0 aliphatic rings. The van der Waals surface area contributed by atoms with Crippen molar-refractivity contribution < 1.29 is 14.1 Å². The van der Waals surface area contributed by atoms with Gasteiger partial charge in [-0.25, -0.2) is 0 Å². The Morgan fingerprint density at radius 2 is 0.514 bits per heavy atom. The Kier molecular flexibility index (Phi) is 12.8. The molecule has 3 unspecified atom stereocenters. The molecule has 225 valence electrons. The molecule has 0 amide bonds. The van der Waals surface area contributed by atoms with E-state index in [0.29, 0.717) is 48.3 Å². The van der Waals surface area contributed by atoms with E-state index in [4.69, 9.17) is 0 Å². The maximum atomic E-state index is 2.64. The molecule has 0 N–H and O–H groups in total. The summed E-state index contributed by atoms with van der Waals surface area (Å²) in [4.78, 5) is 0. The van der Waals surface area contributed by atoms with Crippen LogP contribution in [0.15, 0.2) is 0 Å². The first-order valence-electron chi connectivity index (χ1n) is 15.9. The van der Waals surface area contributed by atoms with Crippen LogP contribution in [0.25, 0.3) is 0 Å². The van der Waals surface area contributed by atoms with Crippen LogP contribution >= 0.6 is 0 Å². The van der Waals surface area contributed by atoms with Crippen molar-refractivity contribution in [2.45, 2.75) is 177 Å². The zero-order chi connectivity index (χ0) is 30.2. The van der Waals surface area contributed by atoms with Gasteiger partial charge in [-0.05, 0) is 0 Å². The summed E-state index contributed by atoms with van der Waals surface area (Å²) in [5.41, 5.74) is 0.711. The van der Waals surface area contributed by atoms with Crippen molar-refractivity contribution in [1.82, 2.24) is 0 Å². The maximum absolute atomic E-state index is 2.64. The number of hydrogen-bond donors (Lipinski definition) is 0. The van der Waals surface area contributed by atoms with Crippen molar-refractivity contribution in [2.24, 2.45) is 51.8 Å². The zero-order valence-corrected chi connectivity index (χ0v) is 31.3. The molecule has 0 aromatic rings. The molecule has 3 atom stereocenters. The molecule has 0 nitrogen and oxygen atoms in total. The monoisotopic (exact) mass is 560 g/mol. The van der Waals surface area contributed by atoms with Crippen LogP contribution in [0.3, 0.4) is 0 Å². The predicted octanol–water partition coefficient (Wildman–Crippen LogP) is 13.3. The van der Waals surface area contributed by atoms with E-state index in [9.17, 15) is 0 Å². The second kappa shape index (κ2) is 12.6. The van der Waals surface area contributed by atoms with Gasteiger partial charge < -0.3 is 0 Å². The van der Waals surface area contributed by atoms with Crippen molar-refractivity contribution in [2.75, 3.05) is 0 Å². The summed E-state index contributed by atoms with van der Waals surface area (Å²) in [5.74, 6) is 4.04. The molecule has 0 aliphatic carbocycles. The van der Waals surface area contributed by atoms with Gasteiger partial charge in [0.15, 0.2) is 0 Å². The van der Waals surface area contributed by atoms with Crippen molar-refractivity contribution in [3.63, 3.8) is 0 Å². The van der Waals surface area contributed by atoms with Gasteiger partial charge in [0.2, 0.25) is 0 Å². The molecule has 0 saturated heterocycles. The van der Waals surface area contributed by atoms with Gasteiger partial charge in [0, 0.05) is 0 Å². The Labute approximate surface area is 242 Å². The Morgan fingerprint density at radius 3 is 0.595 bits per heavy atom. The van der Waals surface area contributed by atoms with Gasteiger partial charge in [0.1, 0.15) is 0 Å². The Hall–Kier alpha value is 0.532. The van der Waals surface area contributed by atoms with Gasteiger partial charge in [-0.2, -0.15) is 0 Å². The van der Waals surface area contributed by atoms with Crippen molar-refractivity contribution >= 4 is 0 Å². The van der Waals surface area contributed by atoms with Crippen molar-refractivity contribution in [3.8, 4) is 0 Å². The second-order valence-corrected chi connectivity index (χ2v) is 22.4. The number of rotatable bonds is 12. The van der Waals surface area contributed by atoms with Crippen LogP contribution in [0.4, 0.5) is 0 Å². The summed E-state index contributed by atoms with van der Waals surface area (Å²) in [5, 5.41) is 0. The van der Waals surface area contributed by atoms with E-state index < -0.39 is 14.1 Å². The van der Waals surface area contributed by atoms with Gasteiger partial charge in [0.05, 0.1) is 0 Å². The minimum atomic E-state index is -1.47. The van der Waals surface area contributed by atoms with E-state index in [1.807, 2.05) is 0 Å². The first-order chi connectivity index (χ1) is 16.2. The third-order valence-corrected chi connectivity index (χ3v) is 19.1. The number of hydrogen-bond acceptors (Lipinski definition) is 0. The topological polar surface area (TPSA) is 0 Å². The van der Waals surface area contributed by atoms with Gasteiger partial charge in [-0.3, -0.25) is 0 Å². The van der Waals surface area contributed by atoms with E-state index in [-0.39, 0.29) is 16.2 Å². The van der Waals surface area contributed by atoms with Crippen molar-refractivity contribution in [1.29, 1.82) is 0 Å². The van der Waals surface area contributed by atoms with Gasteiger partial charge in [-0.15, -0.1) is 0 Å². The molecule has 0 rings (SSSR count). The SMILES string of the molecule is CC(C)C[C](C(C)C)([Cr]([C](CC(C)C)(C(C)C)C(C)(C)C)[C](CC(C)C)(C(C)C)C(C)(C)C)C(C)(C)C. The molecule has 0 heterocycles. The first-order valence-corrected chi connectivity index (χ1v) is 17.9. The summed E-state index contributed by atoms with van der Waals surface area (Å²) < 4.78 is 0.958. The summed E-state index contributed by atoms with van der Waals surface area (Å²) in [6.07, 6.45) is 4.05. The second-order valence-electron chi connectivity index (χ2n) is 18.0. The predicted molar refractivity (Wildman–Crippen MR) is 169 cm³/mol. The van der Waals surface area contributed by atoms with Crippen LogP contribution < -0.4 is 0 Å². The molecule has 0 spiro atoms. The molecular formula is C36H75Cr. The zero-order valence-electron chi connectivity index (χ0n) is 30.0. The van der Waals surface area contributed by atoms with Crippen LogP contribution in [0.1, 0.15) is 165 Å². The molecule has 0 fully saturated rings. The molecule has 37 heavy (non-hydrogen) atoms. The van der Waals surface area contributed by atoms with Crippen LogP contribution in [-0.4, -0.2) is 0 Å². The Bertz CT molecular complexity index is 580. The molecule has 0 aliphatic heterocycles. The van der Waals surface area contributed by atoms with E-state index in [1.165, 1.54) is 19.3 Å². The normalized spacial score (nSPS) is 19.5. The van der Waals surface area contributed by atoms with Crippen LogP contribution in [0, 0.1) is 51.8 Å². The molecule has 0 radical (unpaired) electrons. The Balaban J connectivity index is 8.85. The fourth-order valence-corrected chi connectivity index (χ4v) is 19.4.